The van der Waals surface area contributed by atoms with Crippen LogP contribution in [-0.4, -0.2) is 79.5 Å². The Morgan fingerprint density at radius 2 is 1.61 bits per heavy atom. The number of nitrogens with zero attached hydrogens (tertiary/aromatic N) is 4. The smallest absolute Gasteiger partial charge is 0.233 e. The van der Waals surface area contributed by atoms with Gasteiger partial charge in [0.2, 0.25) is 23.8 Å². The summed E-state index contributed by atoms with van der Waals surface area (Å²) in [5, 5.41) is 9.76. The molecule has 0 unspecified atom stereocenters. The molecule has 2 heterocycles. The average molecular weight is 527 g/mol. The van der Waals surface area contributed by atoms with Gasteiger partial charge >= 0.3 is 0 Å². The van der Waals surface area contributed by atoms with Gasteiger partial charge in [0.05, 0.1) is 32.8 Å². The Hall–Kier alpha value is -3.02. The van der Waals surface area contributed by atoms with Crippen LogP contribution in [0.3, 0.4) is 0 Å². The van der Waals surface area contributed by atoms with E-state index >= 15 is 0 Å². The molecular formula is C27H42N8O3. The van der Waals surface area contributed by atoms with Crippen molar-refractivity contribution in [3.8, 4) is 0 Å². The summed E-state index contributed by atoms with van der Waals surface area (Å²) < 4.78 is 10.7. The summed E-state index contributed by atoms with van der Waals surface area (Å²) in [4.78, 5) is 28.6. The van der Waals surface area contributed by atoms with Crippen LogP contribution < -0.4 is 26.6 Å². The van der Waals surface area contributed by atoms with Crippen molar-refractivity contribution in [2.24, 2.45) is 5.73 Å². The molecule has 11 nitrogen and oxygen atoms in total. The van der Waals surface area contributed by atoms with Gasteiger partial charge in [-0.2, -0.15) is 15.0 Å². The standard InChI is InChI=1S/C27H42N8O3/c28-12-16-37-18-19-38-17-13-29-24(36)20-21-8-10-23(11-9-21)31-26-32-25(30-22-6-2-1-3-7-22)33-27(34-26)35-14-4-5-15-35/h8-11,22H,1-7,12-20,28H2,(H,29,36)(H2,30,31,32,33,34). The number of hydrogen-bond donors (Lipinski definition) is 4. The highest BCUT2D eigenvalue weighted by Gasteiger charge is 2.20. The predicted octanol–water partition coefficient (Wildman–Crippen LogP) is 2.61. The molecule has 1 aromatic carbocycles. The molecule has 11 heteroatoms. The molecule has 2 aromatic rings. The first-order chi connectivity index (χ1) is 18.7. The number of carbonyl (C=O) groups excluding carboxylic acids is 1. The van der Waals surface area contributed by atoms with Crippen molar-refractivity contribution in [1.82, 2.24) is 20.3 Å². The fourth-order valence-corrected chi connectivity index (χ4v) is 4.72. The molecule has 1 aliphatic carbocycles. The Labute approximate surface area is 225 Å². The highest BCUT2D eigenvalue weighted by molar-refractivity contribution is 5.78. The number of rotatable bonds is 15. The lowest BCUT2D eigenvalue weighted by atomic mass is 9.96. The first-order valence-electron chi connectivity index (χ1n) is 14.0. The van der Waals surface area contributed by atoms with E-state index in [1.807, 2.05) is 24.3 Å². The summed E-state index contributed by atoms with van der Waals surface area (Å²) in [6.45, 7) is 4.88. The topological polar surface area (TPSA) is 140 Å². The molecule has 0 bridgehead atoms. The maximum atomic E-state index is 12.3. The van der Waals surface area contributed by atoms with Crippen LogP contribution >= 0.6 is 0 Å². The number of anilines is 4. The van der Waals surface area contributed by atoms with Crippen LogP contribution in [0.1, 0.15) is 50.5 Å². The Morgan fingerprint density at radius 3 is 2.34 bits per heavy atom. The molecule has 1 aromatic heterocycles. The number of nitrogens with two attached hydrogens (primary N) is 1. The lowest BCUT2D eigenvalue weighted by molar-refractivity contribution is -0.120. The van der Waals surface area contributed by atoms with Gasteiger partial charge in [-0.3, -0.25) is 4.79 Å². The molecule has 4 rings (SSSR count). The molecule has 0 atom stereocenters. The van der Waals surface area contributed by atoms with Crippen LogP contribution in [-0.2, 0) is 20.7 Å². The van der Waals surface area contributed by atoms with E-state index in [4.69, 9.17) is 25.2 Å². The van der Waals surface area contributed by atoms with Gasteiger partial charge in [-0.1, -0.05) is 31.4 Å². The van der Waals surface area contributed by atoms with Crippen LogP contribution in [0.2, 0.25) is 0 Å². The minimum Gasteiger partial charge on any atom is -0.378 e. The zero-order valence-electron chi connectivity index (χ0n) is 22.3. The maximum absolute atomic E-state index is 12.3. The highest BCUT2D eigenvalue weighted by atomic mass is 16.5. The zero-order valence-corrected chi connectivity index (χ0v) is 22.3. The van der Waals surface area contributed by atoms with Crippen LogP contribution in [0.4, 0.5) is 23.5 Å². The van der Waals surface area contributed by atoms with E-state index in [9.17, 15) is 4.79 Å². The van der Waals surface area contributed by atoms with Gasteiger partial charge in [0.25, 0.3) is 0 Å². The second kappa shape index (κ2) is 15.4. The van der Waals surface area contributed by atoms with Gasteiger partial charge < -0.3 is 36.1 Å². The molecule has 0 radical (unpaired) electrons. The third-order valence-electron chi connectivity index (χ3n) is 6.73. The minimum absolute atomic E-state index is 0.0418. The van der Waals surface area contributed by atoms with E-state index < -0.39 is 0 Å². The predicted molar refractivity (Wildman–Crippen MR) is 149 cm³/mol. The fraction of sp³-hybridized carbons (Fsp3) is 0.630. The Kier molecular flexibility index (Phi) is 11.4. The largest absolute Gasteiger partial charge is 0.378 e. The van der Waals surface area contributed by atoms with Crippen LogP contribution in [0.5, 0.6) is 0 Å². The van der Waals surface area contributed by atoms with Crippen molar-refractivity contribution in [2.45, 2.75) is 57.4 Å². The molecule has 1 amide bonds. The Balaban J connectivity index is 1.27. The van der Waals surface area contributed by atoms with Gasteiger partial charge in [0, 0.05) is 37.9 Å². The lowest BCUT2D eigenvalue weighted by Crippen LogP contribution is -2.29. The number of amides is 1. The van der Waals surface area contributed by atoms with Gasteiger partial charge in [-0.15, -0.1) is 0 Å². The number of aromatic nitrogens is 3. The Morgan fingerprint density at radius 1 is 0.895 bits per heavy atom. The lowest BCUT2D eigenvalue weighted by Gasteiger charge is -2.24. The molecule has 2 aliphatic rings. The molecule has 2 fully saturated rings. The molecule has 38 heavy (non-hydrogen) atoms. The number of ether oxygens (including phenoxy) is 2. The average Bonchev–Trinajstić information content (AvgIpc) is 3.47. The van der Waals surface area contributed by atoms with E-state index in [1.54, 1.807) is 0 Å². The van der Waals surface area contributed by atoms with Gasteiger partial charge in [0.15, 0.2) is 0 Å². The normalized spacial score (nSPS) is 16.0. The first kappa shape index (κ1) is 28.0. The van der Waals surface area contributed by atoms with Crippen molar-refractivity contribution in [3.05, 3.63) is 29.8 Å². The van der Waals surface area contributed by atoms with Crippen molar-refractivity contribution >= 4 is 29.4 Å². The van der Waals surface area contributed by atoms with Crippen LogP contribution in [0, 0.1) is 0 Å². The molecule has 5 N–H and O–H groups in total. The van der Waals surface area contributed by atoms with Crippen molar-refractivity contribution in [3.63, 3.8) is 0 Å². The third kappa shape index (κ3) is 9.38. The summed E-state index contributed by atoms with van der Waals surface area (Å²) in [7, 11) is 0. The van der Waals surface area contributed by atoms with Crippen molar-refractivity contribution in [2.75, 3.05) is 68.1 Å². The van der Waals surface area contributed by atoms with Crippen molar-refractivity contribution in [1.29, 1.82) is 0 Å². The van der Waals surface area contributed by atoms with E-state index in [1.165, 1.54) is 19.3 Å². The summed E-state index contributed by atoms with van der Waals surface area (Å²) in [6.07, 6.45) is 8.73. The van der Waals surface area contributed by atoms with Crippen LogP contribution in [0.25, 0.3) is 0 Å². The highest BCUT2D eigenvalue weighted by Crippen LogP contribution is 2.24. The van der Waals surface area contributed by atoms with Gasteiger partial charge in [-0.25, -0.2) is 0 Å². The van der Waals surface area contributed by atoms with E-state index in [2.05, 4.69) is 25.8 Å². The maximum Gasteiger partial charge on any atom is 0.233 e. The minimum atomic E-state index is -0.0418. The summed E-state index contributed by atoms with van der Waals surface area (Å²) in [5.74, 6) is 1.84. The Bertz CT molecular complexity index is 979. The number of carbonyl (C=O) groups is 1. The third-order valence-corrected chi connectivity index (χ3v) is 6.73. The number of nitrogens with one attached hydrogen (secondary N) is 3. The number of benzene rings is 1. The van der Waals surface area contributed by atoms with E-state index in [0.29, 0.717) is 63.9 Å². The summed E-state index contributed by atoms with van der Waals surface area (Å²) in [6, 6.07) is 8.19. The molecule has 1 saturated heterocycles. The molecule has 0 spiro atoms. The van der Waals surface area contributed by atoms with Gasteiger partial charge in [-0.05, 0) is 43.4 Å². The molecule has 1 saturated carbocycles. The fourth-order valence-electron chi connectivity index (χ4n) is 4.72. The van der Waals surface area contributed by atoms with E-state index in [0.717, 1.165) is 56.0 Å². The zero-order chi connectivity index (χ0) is 26.4. The van der Waals surface area contributed by atoms with E-state index in [-0.39, 0.29) is 5.91 Å². The number of hydrogen-bond acceptors (Lipinski definition) is 10. The quantitative estimate of drug-likeness (QED) is 0.256. The second-order valence-corrected chi connectivity index (χ2v) is 9.82. The van der Waals surface area contributed by atoms with Gasteiger partial charge in [0.1, 0.15) is 0 Å². The summed E-state index contributed by atoms with van der Waals surface area (Å²) in [5.41, 5.74) is 7.15. The summed E-state index contributed by atoms with van der Waals surface area (Å²) >= 11 is 0. The SMILES string of the molecule is NCCOCCOCCNC(=O)Cc1ccc(Nc2nc(NC3CCCCC3)nc(N3CCCC3)n2)cc1. The van der Waals surface area contributed by atoms with Crippen molar-refractivity contribution < 1.29 is 14.3 Å². The van der Waals surface area contributed by atoms with Crippen LogP contribution in [0.15, 0.2) is 24.3 Å². The second-order valence-electron chi connectivity index (χ2n) is 9.82. The molecule has 1 aliphatic heterocycles. The molecular weight excluding hydrogens is 484 g/mol. The first-order valence-corrected chi connectivity index (χ1v) is 14.0. The monoisotopic (exact) mass is 526 g/mol. The molecule has 208 valence electrons.